The lowest BCUT2D eigenvalue weighted by Crippen LogP contribution is -2.43. The van der Waals surface area contributed by atoms with Gasteiger partial charge in [0, 0.05) is 38.1 Å². The number of hydrogen-bond acceptors (Lipinski definition) is 5. The lowest BCUT2D eigenvalue weighted by molar-refractivity contribution is -0.125. The molecule has 1 aromatic heterocycles. The van der Waals surface area contributed by atoms with Gasteiger partial charge in [0.05, 0.1) is 16.3 Å². The number of rotatable bonds is 7. The summed E-state index contributed by atoms with van der Waals surface area (Å²) in [4.78, 5) is 20.1. The Hall–Kier alpha value is -2.97. The van der Waals surface area contributed by atoms with Crippen LogP contribution in [-0.2, 0) is 21.2 Å². The minimum Gasteiger partial charge on any atom is -0.356 e. The third-order valence-corrected chi connectivity index (χ3v) is 9.17. The second kappa shape index (κ2) is 11.0. The Morgan fingerprint density at radius 3 is 2.56 bits per heavy atom. The van der Waals surface area contributed by atoms with Crippen molar-refractivity contribution in [1.82, 2.24) is 14.6 Å². The number of hydrogen-bond donors (Lipinski definition) is 1. The summed E-state index contributed by atoms with van der Waals surface area (Å²) in [6.07, 6.45) is 5.55. The number of carbonyl (C=O) groups excluding carboxylic acids is 1. The fourth-order valence-electron chi connectivity index (χ4n) is 5.20. The summed E-state index contributed by atoms with van der Waals surface area (Å²) in [6.45, 7) is 3.31. The van der Waals surface area contributed by atoms with Crippen LogP contribution in [0.2, 0.25) is 0 Å². The van der Waals surface area contributed by atoms with E-state index in [0.29, 0.717) is 31.1 Å². The van der Waals surface area contributed by atoms with Gasteiger partial charge in [0.25, 0.3) is 0 Å². The molecule has 1 atom stereocenters. The lowest BCUT2D eigenvalue weighted by Gasteiger charge is -2.33. The van der Waals surface area contributed by atoms with Gasteiger partial charge in [-0.2, -0.15) is 4.31 Å². The third kappa shape index (κ3) is 5.55. The average molecular weight is 507 g/mol. The number of amides is 1. The van der Waals surface area contributed by atoms with E-state index in [-0.39, 0.29) is 11.8 Å². The van der Waals surface area contributed by atoms with E-state index in [2.05, 4.69) is 22.3 Å². The normalized spacial score (nSPS) is 19.3. The number of nitrogens with zero attached hydrogens (tertiary/aromatic N) is 3. The van der Waals surface area contributed by atoms with Crippen LogP contribution >= 0.6 is 0 Å². The van der Waals surface area contributed by atoms with E-state index in [1.165, 1.54) is 5.56 Å². The molecule has 7 nitrogen and oxygen atoms in total. The molecule has 5 rings (SSSR count). The lowest BCUT2D eigenvalue weighted by atomic mass is 9.97. The summed E-state index contributed by atoms with van der Waals surface area (Å²) in [6, 6.07) is 19.3. The van der Waals surface area contributed by atoms with Crippen LogP contribution in [0.3, 0.4) is 0 Å². The number of benzene rings is 2. The summed E-state index contributed by atoms with van der Waals surface area (Å²) in [5.41, 5.74) is 1.98. The first-order chi connectivity index (χ1) is 17.5. The standard InChI is InChI=1S/C28H34N4O3S/c33-28(29-16-15-22-8-3-1-4-9-22)24-10-7-17-31(21-24)27-14-11-23-20-25(12-13-26(23)30-27)36(34,35)32-18-5-2-6-19-32/h1,3-4,8-9,11-14,20,24H,2,5-7,10,15-19,21H2,(H,29,33)/t24-/m0/s1. The fourth-order valence-corrected chi connectivity index (χ4v) is 6.76. The highest BCUT2D eigenvalue weighted by Crippen LogP contribution is 2.27. The van der Waals surface area contributed by atoms with Crippen LogP contribution in [0.4, 0.5) is 5.82 Å². The van der Waals surface area contributed by atoms with E-state index in [0.717, 1.165) is 61.8 Å². The van der Waals surface area contributed by atoms with Crippen molar-refractivity contribution in [2.75, 3.05) is 37.6 Å². The number of fused-ring (bicyclic) bond motifs is 1. The summed E-state index contributed by atoms with van der Waals surface area (Å²) in [5.74, 6) is 0.865. The van der Waals surface area contributed by atoms with Crippen molar-refractivity contribution >= 4 is 32.7 Å². The molecule has 0 bridgehead atoms. The topological polar surface area (TPSA) is 82.6 Å². The maximum Gasteiger partial charge on any atom is 0.243 e. The zero-order valence-electron chi connectivity index (χ0n) is 20.6. The van der Waals surface area contributed by atoms with Crippen LogP contribution in [0.5, 0.6) is 0 Å². The molecule has 0 radical (unpaired) electrons. The molecule has 36 heavy (non-hydrogen) atoms. The monoisotopic (exact) mass is 506 g/mol. The first kappa shape index (κ1) is 24.7. The first-order valence-electron chi connectivity index (χ1n) is 13.0. The molecule has 0 saturated carbocycles. The number of aromatic nitrogens is 1. The molecule has 2 aliphatic rings. The van der Waals surface area contributed by atoms with Crippen molar-refractivity contribution in [3.05, 3.63) is 66.2 Å². The zero-order valence-corrected chi connectivity index (χ0v) is 21.4. The predicted octanol–water partition coefficient (Wildman–Crippen LogP) is 3.98. The zero-order chi connectivity index (χ0) is 25.0. The van der Waals surface area contributed by atoms with Crippen LogP contribution in [0, 0.1) is 5.92 Å². The molecule has 0 spiro atoms. The second-order valence-corrected chi connectivity index (χ2v) is 11.7. The predicted molar refractivity (Wildman–Crippen MR) is 142 cm³/mol. The maximum atomic E-state index is 13.1. The smallest absolute Gasteiger partial charge is 0.243 e. The Labute approximate surface area is 213 Å². The summed E-state index contributed by atoms with van der Waals surface area (Å²) in [5, 5.41) is 3.91. The van der Waals surface area contributed by atoms with Gasteiger partial charge in [-0.3, -0.25) is 4.79 Å². The average Bonchev–Trinajstić information content (AvgIpc) is 2.93. The molecule has 3 heterocycles. The van der Waals surface area contributed by atoms with Crippen molar-refractivity contribution < 1.29 is 13.2 Å². The van der Waals surface area contributed by atoms with Gasteiger partial charge >= 0.3 is 0 Å². The van der Waals surface area contributed by atoms with Gasteiger partial charge in [0.1, 0.15) is 5.82 Å². The minimum atomic E-state index is -3.48. The highest BCUT2D eigenvalue weighted by Gasteiger charge is 2.28. The number of piperidine rings is 2. The number of pyridine rings is 1. The molecule has 1 amide bonds. The summed E-state index contributed by atoms with van der Waals surface area (Å²) < 4.78 is 27.7. The molecular formula is C28H34N4O3S. The van der Waals surface area contributed by atoms with Gasteiger partial charge < -0.3 is 10.2 Å². The molecule has 2 aliphatic heterocycles. The van der Waals surface area contributed by atoms with Gasteiger partial charge in [-0.25, -0.2) is 13.4 Å². The summed E-state index contributed by atoms with van der Waals surface area (Å²) >= 11 is 0. The van der Waals surface area contributed by atoms with E-state index in [1.807, 2.05) is 30.3 Å². The Bertz CT molecular complexity index is 1310. The largest absolute Gasteiger partial charge is 0.356 e. The molecule has 2 aromatic carbocycles. The van der Waals surface area contributed by atoms with Crippen molar-refractivity contribution in [2.45, 2.75) is 43.4 Å². The van der Waals surface area contributed by atoms with Crippen molar-refractivity contribution in [3.8, 4) is 0 Å². The number of carbonyl (C=O) groups is 1. The highest BCUT2D eigenvalue weighted by molar-refractivity contribution is 7.89. The highest BCUT2D eigenvalue weighted by atomic mass is 32.2. The van der Waals surface area contributed by atoms with Crippen LogP contribution in [-0.4, -0.2) is 56.3 Å². The van der Waals surface area contributed by atoms with Crippen molar-refractivity contribution in [2.24, 2.45) is 5.92 Å². The second-order valence-electron chi connectivity index (χ2n) is 9.80. The number of nitrogens with one attached hydrogen (secondary N) is 1. The Balaban J connectivity index is 1.24. The molecule has 3 aromatic rings. The number of anilines is 1. The van der Waals surface area contributed by atoms with Gasteiger partial charge in [-0.05, 0) is 68.0 Å². The van der Waals surface area contributed by atoms with Gasteiger partial charge in [-0.15, -0.1) is 0 Å². The molecule has 0 aliphatic carbocycles. The Morgan fingerprint density at radius 2 is 1.75 bits per heavy atom. The van der Waals surface area contributed by atoms with E-state index >= 15 is 0 Å². The van der Waals surface area contributed by atoms with Crippen LogP contribution in [0.1, 0.15) is 37.7 Å². The molecule has 1 N–H and O–H groups in total. The van der Waals surface area contributed by atoms with Gasteiger partial charge in [-0.1, -0.05) is 36.8 Å². The van der Waals surface area contributed by atoms with E-state index < -0.39 is 10.0 Å². The summed E-state index contributed by atoms with van der Waals surface area (Å²) in [7, 11) is -3.48. The third-order valence-electron chi connectivity index (χ3n) is 7.27. The van der Waals surface area contributed by atoms with Gasteiger partial charge in [0.2, 0.25) is 15.9 Å². The van der Waals surface area contributed by atoms with Crippen LogP contribution < -0.4 is 10.2 Å². The minimum absolute atomic E-state index is 0.0657. The number of sulfonamides is 1. The molecular weight excluding hydrogens is 472 g/mol. The molecule has 0 unspecified atom stereocenters. The van der Waals surface area contributed by atoms with Crippen LogP contribution in [0.25, 0.3) is 10.9 Å². The molecule has 190 valence electrons. The Kier molecular flexibility index (Phi) is 7.53. The van der Waals surface area contributed by atoms with Gasteiger partial charge in [0.15, 0.2) is 0 Å². The SMILES string of the molecule is O=C(NCCc1ccccc1)[C@H]1CCCN(c2ccc3cc(S(=O)(=O)N4CCCCC4)ccc3n2)C1. The van der Waals surface area contributed by atoms with Crippen molar-refractivity contribution in [1.29, 1.82) is 0 Å². The van der Waals surface area contributed by atoms with Crippen molar-refractivity contribution in [3.63, 3.8) is 0 Å². The maximum absolute atomic E-state index is 13.1. The van der Waals surface area contributed by atoms with E-state index in [9.17, 15) is 13.2 Å². The molecule has 2 saturated heterocycles. The van der Waals surface area contributed by atoms with E-state index in [4.69, 9.17) is 4.98 Å². The molecule has 8 heteroatoms. The van der Waals surface area contributed by atoms with E-state index in [1.54, 1.807) is 22.5 Å². The Morgan fingerprint density at radius 1 is 0.944 bits per heavy atom. The quantitative estimate of drug-likeness (QED) is 0.524. The first-order valence-corrected chi connectivity index (χ1v) is 14.4. The van der Waals surface area contributed by atoms with Crippen LogP contribution in [0.15, 0.2) is 65.6 Å². The fraction of sp³-hybridized carbons (Fsp3) is 0.429. The molecule has 2 fully saturated rings.